The number of hydrogen-bond acceptors (Lipinski definition) is 2. The molecular formula is C20H29N3O2. The lowest BCUT2D eigenvalue weighted by atomic mass is 9.96. The highest BCUT2D eigenvalue weighted by molar-refractivity contribution is 5.77. The van der Waals surface area contributed by atoms with Gasteiger partial charge in [-0.15, -0.1) is 0 Å². The number of aryl methyl sites for hydroxylation is 1. The summed E-state index contributed by atoms with van der Waals surface area (Å²) in [5.41, 5.74) is 2.59. The molecule has 1 aromatic rings. The predicted octanol–water partition coefficient (Wildman–Crippen LogP) is 3.20. The highest BCUT2D eigenvalue weighted by Crippen LogP contribution is 2.30. The second kappa shape index (κ2) is 8.88. The van der Waals surface area contributed by atoms with Crippen LogP contribution in [0.3, 0.4) is 0 Å². The summed E-state index contributed by atoms with van der Waals surface area (Å²) in [6.07, 6.45) is 8.97. The highest BCUT2D eigenvalue weighted by Gasteiger charge is 2.23. The predicted molar refractivity (Wildman–Crippen MR) is 98.3 cm³/mol. The molecule has 0 saturated heterocycles. The van der Waals surface area contributed by atoms with Crippen LogP contribution in [0.1, 0.15) is 68.5 Å². The number of carbonyl (C=O) groups is 2. The van der Waals surface area contributed by atoms with Gasteiger partial charge in [0.1, 0.15) is 0 Å². The highest BCUT2D eigenvalue weighted by atomic mass is 16.2. The van der Waals surface area contributed by atoms with Gasteiger partial charge in [-0.25, -0.2) is 4.79 Å². The third-order valence-electron chi connectivity index (χ3n) is 5.27. The number of rotatable bonds is 6. The smallest absolute Gasteiger partial charge is 0.315 e. The lowest BCUT2D eigenvalue weighted by Crippen LogP contribution is -2.43. The normalized spacial score (nSPS) is 19.9. The Morgan fingerprint density at radius 1 is 1.00 bits per heavy atom. The van der Waals surface area contributed by atoms with Crippen molar-refractivity contribution in [2.75, 3.05) is 6.54 Å². The van der Waals surface area contributed by atoms with Gasteiger partial charge in [-0.3, -0.25) is 4.79 Å². The zero-order valence-electron chi connectivity index (χ0n) is 14.9. The summed E-state index contributed by atoms with van der Waals surface area (Å²) in [7, 11) is 0. The molecule has 1 atom stereocenters. The quantitative estimate of drug-likeness (QED) is 0.694. The molecule has 1 fully saturated rings. The first-order valence-corrected chi connectivity index (χ1v) is 9.64. The van der Waals surface area contributed by atoms with Crippen LogP contribution in [-0.2, 0) is 11.2 Å². The van der Waals surface area contributed by atoms with Crippen LogP contribution >= 0.6 is 0 Å². The van der Waals surface area contributed by atoms with Gasteiger partial charge in [0.05, 0.1) is 6.04 Å². The van der Waals surface area contributed by atoms with Gasteiger partial charge in [-0.1, -0.05) is 43.5 Å². The fourth-order valence-electron chi connectivity index (χ4n) is 3.91. The van der Waals surface area contributed by atoms with E-state index in [1.54, 1.807) is 0 Å². The molecule has 1 saturated carbocycles. The molecular weight excluding hydrogens is 314 g/mol. The Morgan fingerprint density at radius 2 is 1.80 bits per heavy atom. The second-order valence-corrected chi connectivity index (χ2v) is 7.20. The first-order chi connectivity index (χ1) is 12.2. The van der Waals surface area contributed by atoms with Crippen LogP contribution in [0, 0.1) is 0 Å². The molecule has 0 aromatic heterocycles. The summed E-state index contributed by atoms with van der Waals surface area (Å²) in [6.45, 7) is 0.535. The second-order valence-electron chi connectivity index (χ2n) is 7.20. The summed E-state index contributed by atoms with van der Waals surface area (Å²) in [5, 5.41) is 9.01. The van der Waals surface area contributed by atoms with E-state index in [1.165, 1.54) is 30.4 Å². The van der Waals surface area contributed by atoms with Crippen LogP contribution in [0.5, 0.6) is 0 Å². The lowest BCUT2D eigenvalue weighted by Gasteiger charge is -2.22. The topological polar surface area (TPSA) is 70.2 Å². The Morgan fingerprint density at radius 3 is 2.64 bits per heavy atom. The van der Waals surface area contributed by atoms with Crippen molar-refractivity contribution in [2.45, 2.75) is 69.9 Å². The largest absolute Gasteiger partial charge is 0.349 e. The molecule has 2 aliphatic rings. The van der Waals surface area contributed by atoms with E-state index in [4.69, 9.17) is 0 Å². The summed E-state index contributed by atoms with van der Waals surface area (Å²) in [4.78, 5) is 24.0. The van der Waals surface area contributed by atoms with Crippen molar-refractivity contribution in [2.24, 2.45) is 0 Å². The molecule has 2 aliphatic carbocycles. The van der Waals surface area contributed by atoms with Gasteiger partial charge >= 0.3 is 6.03 Å². The van der Waals surface area contributed by atoms with Crippen molar-refractivity contribution in [3.05, 3.63) is 35.4 Å². The summed E-state index contributed by atoms with van der Waals surface area (Å²) < 4.78 is 0. The number of fused-ring (bicyclic) bond motifs is 1. The van der Waals surface area contributed by atoms with E-state index in [0.29, 0.717) is 25.4 Å². The minimum Gasteiger partial charge on any atom is -0.349 e. The van der Waals surface area contributed by atoms with Gasteiger partial charge in [-0.05, 0) is 43.2 Å². The van der Waals surface area contributed by atoms with Crippen LogP contribution < -0.4 is 16.0 Å². The zero-order valence-corrected chi connectivity index (χ0v) is 14.9. The van der Waals surface area contributed by atoms with Crippen LogP contribution in [0.4, 0.5) is 4.79 Å². The SMILES string of the molecule is O=C(CCCNC(=O)NC1CCCCC1)NC1CCc2ccccc21. The fourth-order valence-corrected chi connectivity index (χ4v) is 3.91. The van der Waals surface area contributed by atoms with E-state index in [9.17, 15) is 9.59 Å². The van der Waals surface area contributed by atoms with E-state index in [2.05, 4.69) is 28.1 Å². The first kappa shape index (κ1) is 17.8. The van der Waals surface area contributed by atoms with E-state index >= 15 is 0 Å². The molecule has 5 nitrogen and oxygen atoms in total. The van der Waals surface area contributed by atoms with Crippen LogP contribution in [0.25, 0.3) is 0 Å². The summed E-state index contributed by atoms with van der Waals surface area (Å²) in [6, 6.07) is 8.68. The maximum Gasteiger partial charge on any atom is 0.315 e. The molecule has 1 aromatic carbocycles. The number of hydrogen-bond donors (Lipinski definition) is 3. The van der Waals surface area contributed by atoms with Crippen molar-refractivity contribution in [1.29, 1.82) is 0 Å². The van der Waals surface area contributed by atoms with Crippen molar-refractivity contribution in [3.63, 3.8) is 0 Å². The molecule has 0 bridgehead atoms. The molecule has 0 heterocycles. The van der Waals surface area contributed by atoms with Gasteiger partial charge in [0.25, 0.3) is 0 Å². The molecule has 0 spiro atoms. The molecule has 5 heteroatoms. The van der Waals surface area contributed by atoms with E-state index in [-0.39, 0.29) is 18.0 Å². The molecule has 1 unspecified atom stereocenters. The third kappa shape index (κ3) is 5.21. The Hall–Kier alpha value is -2.04. The van der Waals surface area contributed by atoms with Gasteiger partial charge in [0, 0.05) is 19.0 Å². The number of amides is 3. The maximum atomic E-state index is 12.1. The minimum atomic E-state index is -0.1000. The average Bonchev–Trinajstić information content (AvgIpc) is 3.03. The lowest BCUT2D eigenvalue weighted by molar-refractivity contribution is -0.121. The first-order valence-electron chi connectivity index (χ1n) is 9.64. The molecule has 136 valence electrons. The van der Waals surface area contributed by atoms with E-state index in [1.807, 2.05) is 12.1 Å². The Kier molecular flexibility index (Phi) is 6.31. The molecule has 0 radical (unpaired) electrons. The number of urea groups is 1. The van der Waals surface area contributed by atoms with Crippen molar-refractivity contribution in [1.82, 2.24) is 16.0 Å². The standard InChI is InChI=1S/C20H29N3O2/c24-19(23-18-13-12-15-7-4-5-10-17(15)18)11-6-14-21-20(25)22-16-8-2-1-3-9-16/h4-5,7,10,16,18H,1-3,6,8-9,11-14H2,(H,23,24)(H2,21,22,25). The minimum absolute atomic E-state index is 0.0659. The van der Waals surface area contributed by atoms with Gasteiger partial charge < -0.3 is 16.0 Å². The Labute approximate surface area is 150 Å². The molecule has 0 aliphatic heterocycles. The Balaban J connectivity index is 1.30. The van der Waals surface area contributed by atoms with E-state index < -0.39 is 0 Å². The van der Waals surface area contributed by atoms with Gasteiger partial charge in [-0.2, -0.15) is 0 Å². The maximum absolute atomic E-state index is 12.1. The van der Waals surface area contributed by atoms with Crippen LogP contribution in [-0.4, -0.2) is 24.5 Å². The Bertz CT molecular complexity index is 596. The van der Waals surface area contributed by atoms with Crippen molar-refractivity contribution in [3.8, 4) is 0 Å². The number of nitrogens with one attached hydrogen (secondary N) is 3. The van der Waals surface area contributed by atoms with Crippen molar-refractivity contribution < 1.29 is 9.59 Å². The molecule has 3 amide bonds. The van der Waals surface area contributed by atoms with Gasteiger partial charge in [0.2, 0.25) is 5.91 Å². The fraction of sp³-hybridized carbons (Fsp3) is 0.600. The summed E-state index contributed by atoms with van der Waals surface area (Å²) >= 11 is 0. The van der Waals surface area contributed by atoms with Crippen LogP contribution in [0.2, 0.25) is 0 Å². The average molecular weight is 343 g/mol. The molecule has 3 N–H and O–H groups in total. The van der Waals surface area contributed by atoms with E-state index in [0.717, 1.165) is 25.7 Å². The number of benzene rings is 1. The summed E-state index contributed by atoms with van der Waals surface area (Å²) in [5.74, 6) is 0.0659. The zero-order chi connectivity index (χ0) is 17.5. The molecule has 25 heavy (non-hydrogen) atoms. The van der Waals surface area contributed by atoms with Gasteiger partial charge in [0.15, 0.2) is 0 Å². The monoisotopic (exact) mass is 343 g/mol. The van der Waals surface area contributed by atoms with Crippen molar-refractivity contribution >= 4 is 11.9 Å². The third-order valence-corrected chi connectivity index (χ3v) is 5.27. The van der Waals surface area contributed by atoms with Crippen LogP contribution in [0.15, 0.2) is 24.3 Å². The molecule has 3 rings (SSSR count). The number of carbonyl (C=O) groups excluding carboxylic acids is 2.